The Bertz CT molecular complexity index is 664. The Balaban J connectivity index is 2.28. The van der Waals surface area contributed by atoms with Crippen LogP contribution in [0.25, 0.3) is 5.69 Å². The summed E-state index contributed by atoms with van der Waals surface area (Å²) in [5, 5.41) is 3.27. The summed E-state index contributed by atoms with van der Waals surface area (Å²) in [6.45, 7) is 5.41. The van der Waals surface area contributed by atoms with Crippen LogP contribution < -0.4 is 10.7 Å². The first-order valence-electron chi connectivity index (χ1n) is 7.30. The van der Waals surface area contributed by atoms with E-state index in [-0.39, 0.29) is 11.2 Å². The number of unbranched alkanes of at least 4 members (excludes halogenated alkanes) is 1. The predicted molar refractivity (Wildman–Crippen MR) is 83.3 cm³/mol. The van der Waals surface area contributed by atoms with Gasteiger partial charge in [-0.2, -0.15) is 0 Å². The lowest BCUT2D eigenvalue weighted by atomic mass is 10.2. The van der Waals surface area contributed by atoms with Gasteiger partial charge in [-0.1, -0.05) is 19.4 Å². The smallest absolute Gasteiger partial charge is 0.186 e. The number of benzene rings is 1. The van der Waals surface area contributed by atoms with Gasteiger partial charge in [-0.25, -0.2) is 4.39 Å². The number of nitrogens with zero attached hydrogens (tertiary/aromatic N) is 1. The molecule has 1 aromatic carbocycles. The van der Waals surface area contributed by atoms with Gasteiger partial charge in [0, 0.05) is 35.8 Å². The molecular formula is C17H21FN2O. The second-order valence-corrected chi connectivity index (χ2v) is 5.18. The van der Waals surface area contributed by atoms with Gasteiger partial charge in [-0.15, -0.1) is 0 Å². The third-order valence-corrected chi connectivity index (χ3v) is 3.43. The van der Waals surface area contributed by atoms with Crippen LogP contribution >= 0.6 is 0 Å². The molecule has 0 fully saturated rings. The number of aryl methyl sites for hydroxylation is 1. The van der Waals surface area contributed by atoms with Crippen molar-refractivity contribution in [3.05, 3.63) is 63.8 Å². The van der Waals surface area contributed by atoms with Gasteiger partial charge in [0.2, 0.25) is 0 Å². The fourth-order valence-corrected chi connectivity index (χ4v) is 2.23. The van der Waals surface area contributed by atoms with Crippen molar-refractivity contribution in [3.8, 4) is 5.69 Å². The molecule has 0 bridgehead atoms. The first-order chi connectivity index (χ1) is 10.1. The van der Waals surface area contributed by atoms with Gasteiger partial charge in [0.05, 0.1) is 0 Å². The van der Waals surface area contributed by atoms with Crippen molar-refractivity contribution in [2.45, 2.75) is 33.2 Å². The molecule has 1 heterocycles. The summed E-state index contributed by atoms with van der Waals surface area (Å²) in [5.74, 6) is -0.284. The van der Waals surface area contributed by atoms with Crippen LogP contribution in [0.4, 0.5) is 4.39 Å². The summed E-state index contributed by atoms with van der Waals surface area (Å²) in [7, 11) is 0. The minimum absolute atomic E-state index is 0.0177. The average molecular weight is 288 g/mol. The van der Waals surface area contributed by atoms with Gasteiger partial charge in [-0.3, -0.25) is 4.79 Å². The van der Waals surface area contributed by atoms with Crippen LogP contribution in [0.15, 0.2) is 41.3 Å². The second kappa shape index (κ2) is 7.18. The Morgan fingerprint density at radius 1 is 1.29 bits per heavy atom. The normalized spacial score (nSPS) is 10.8. The Labute approximate surface area is 124 Å². The maximum absolute atomic E-state index is 13.4. The fourth-order valence-electron chi connectivity index (χ4n) is 2.23. The van der Waals surface area contributed by atoms with Crippen molar-refractivity contribution in [3.63, 3.8) is 0 Å². The van der Waals surface area contributed by atoms with Crippen LogP contribution in [0.3, 0.4) is 0 Å². The van der Waals surface area contributed by atoms with E-state index in [0.717, 1.165) is 30.8 Å². The molecular weight excluding hydrogens is 267 g/mol. The van der Waals surface area contributed by atoms with E-state index in [1.165, 1.54) is 12.1 Å². The number of nitrogens with one attached hydrogen (secondary N) is 1. The highest BCUT2D eigenvalue weighted by atomic mass is 19.1. The summed E-state index contributed by atoms with van der Waals surface area (Å²) < 4.78 is 15.2. The van der Waals surface area contributed by atoms with Crippen molar-refractivity contribution in [1.29, 1.82) is 0 Å². The number of halogens is 1. The van der Waals surface area contributed by atoms with Gasteiger partial charge in [0.1, 0.15) is 5.82 Å². The van der Waals surface area contributed by atoms with Crippen molar-refractivity contribution >= 4 is 0 Å². The molecule has 1 aromatic heterocycles. The van der Waals surface area contributed by atoms with Crippen LogP contribution in [-0.4, -0.2) is 11.1 Å². The Morgan fingerprint density at radius 2 is 2.10 bits per heavy atom. The van der Waals surface area contributed by atoms with E-state index in [9.17, 15) is 9.18 Å². The highest BCUT2D eigenvalue weighted by Crippen LogP contribution is 2.12. The number of hydrogen-bond donors (Lipinski definition) is 1. The maximum Gasteiger partial charge on any atom is 0.186 e. The first kappa shape index (κ1) is 15.4. The molecule has 2 rings (SSSR count). The molecule has 0 aliphatic rings. The SMILES string of the molecule is CCCCNCc1cn(-c2cccc(F)c2)c(C)cc1=O. The van der Waals surface area contributed by atoms with E-state index in [1.807, 2.05) is 17.6 Å². The largest absolute Gasteiger partial charge is 0.320 e. The molecule has 2 aromatic rings. The lowest BCUT2D eigenvalue weighted by Crippen LogP contribution is -2.22. The lowest BCUT2D eigenvalue weighted by molar-refractivity contribution is 0.625. The van der Waals surface area contributed by atoms with Gasteiger partial charge in [0.15, 0.2) is 5.43 Å². The lowest BCUT2D eigenvalue weighted by Gasteiger charge is -2.13. The zero-order valence-electron chi connectivity index (χ0n) is 12.5. The zero-order chi connectivity index (χ0) is 15.2. The van der Waals surface area contributed by atoms with Crippen LogP contribution in [-0.2, 0) is 6.54 Å². The molecule has 0 aliphatic carbocycles. The molecule has 0 atom stereocenters. The second-order valence-electron chi connectivity index (χ2n) is 5.18. The monoisotopic (exact) mass is 288 g/mol. The minimum atomic E-state index is -0.284. The topological polar surface area (TPSA) is 34.0 Å². The number of hydrogen-bond acceptors (Lipinski definition) is 2. The molecule has 0 radical (unpaired) electrons. The van der Waals surface area contributed by atoms with Crippen LogP contribution in [0.1, 0.15) is 31.0 Å². The molecule has 3 nitrogen and oxygen atoms in total. The van der Waals surface area contributed by atoms with E-state index in [1.54, 1.807) is 18.3 Å². The predicted octanol–water partition coefficient (Wildman–Crippen LogP) is 3.17. The molecule has 0 spiro atoms. The summed E-state index contributed by atoms with van der Waals surface area (Å²) in [6, 6.07) is 7.97. The van der Waals surface area contributed by atoms with Gasteiger partial charge in [-0.05, 0) is 38.1 Å². The zero-order valence-corrected chi connectivity index (χ0v) is 12.5. The van der Waals surface area contributed by atoms with Crippen LogP contribution in [0.2, 0.25) is 0 Å². The third-order valence-electron chi connectivity index (χ3n) is 3.43. The number of rotatable bonds is 6. The Hall–Kier alpha value is -1.94. The Kier molecular flexibility index (Phi) is 5.28. The van der Waals surface area contributed by atoms with Crippen molar-refractivity contribution in [1.82, 2.24) is 9.88 Å². The summed E-state index contributed by atoms with van der Waals surface area (Å²) >= 11 is 0. The van der Waals surface area contributed by atoms with E-state index in [0.29, 0.717) is 12.1 Å². The summed E-state index contributed by atoms with van der Waals surface area (Å²) in [4.78, 5) is 12.0. The standard InChI is InChI=1S/C17H21FN2O/c1-3-4-8-19-11-14-12-20(13(2)9-17(14)21)16-7-5-6-15(18)10-16/h5-7,9-10,12,19H,3-4,8,11H2,1-2H3. The van der Waals surface area contributed by atoms with E-state index in [2.05, 4.69) is 12.2 Å². The van der Waals surface area contributed by atoms with Crippen LogP contribution in [0, 0.1) is 12.7 Å². The molecule has 112 valence electrons. The Morgan fingerprint density at radius 3 is 2.81 bits per heavy atom. The van der Waals surface area contributed by atoms with Gasteiger partial charge >= 0.3 is 0 Å². The maximum atomic E-state index is 13.4. The molecule has 4 heteroatoms. The van der Waals surface area contributed by atoms with Gasteiger partial charge in [0.25, 0.3) is 0 Å². The summed E-state index contributed by atoms with van der Waals surface area (Å²) in [6.07, 6.45) is 4.00. The van der Waals surface area contributed by atoms with Crippen molar-refractivity contribution in [2.75, 3.05) is 6.54 Å². The number of aromatic nitrogens is 1. The summed E-state index contributed by atoms with van der Waals surface area (Å²) in [5.41, 5.74) is 2.23. The van der Waals surface area contributed by atoms with E-state index >= 15 is 0 Å². The average Bonchev–Trinajstić information content (AvgIpc) is 2.45. The molecule has 0 saturated carbocycles. The van der Waals surface area contributed by atoms with E-state index in [4.69, 9.17) is 0 Å². The fraction of sp³-hybridized carbons (Fsp3) is 0.353. The van der Waals surface area contributed by atoms with E-state index < -0.39 is 0 Å². The first-order valence-corrected chi connectivity index (χ1v) is 7.30. The molecule has 0 amide bonds. The molecule has 0 unspecified atom stereocenters. The molecule has 0 aliphatic heterocycles. The van der Waals surface area contributed by atoms with Crippen LogP contribution in [0.5, 0.6) is 0 Å². The molecule has 1 N–H and O–H groups in total. The quantitative estimate of drug-likeness (QED) is 0.828. The molecule has 0 saturated heterocycles. The number of pyridine rings is 1. The van der Waals surface area contributed by atoms with Gasteiger partial charge < -0.3 is 9.88 Å². The van der Waals surface area contributed by atoms with Crippen molar-refractivity contribution < 1.29 is 4.39 Å². The van der Waals surface area contributed by atoms with Crippen molar-refractivity contribution in [2.24, 2.45) is 0 Å². The highest BCUT2D eigenvalue weighted by Gasteiger charge is 2.06. The highest BCUT2D eigenvalue weighted by molar-refractivity contribution is 5.35. The minimum Gasteiger partial charge on any atom is -0.320 e. The molecule has 21 heavy (non-hydrogen) atoms. The third kappa shape index (κ3) is 4.02.